The number of hydrogen-bond acceptors (Lipinski definition) is 5. The number of hydrogen-bond donors (Lipinski definition) is 1. The van der Waals surface area contributed by atoms with E-state index in [1.165, 1.54) is 5.01 Å². The van der Waals surface area contributed by atoms with Gasteiger partial charge >= 0.3 is 5.97 Å². The normalized spacial score (nSPS) is 14.8. The van der Waals surface area contributed by atoms with Gasteiger partial charge in [-0.25, -0.2) is 9.69 Å². The van der Waals surface area contributed by atoms with E-state index in [4.69, 9.17) is 20.0 Å². The summed E-state index contributed by atoms with van der Waals surface area (Å²) in [4.78, 5) is 24.3. The number of para-hydroxylation sites is 1. The maximum Gasteiger partial charge on any atom is 0.303 e. The molecule has 0 saturated carbocycles. The number of amides is 1. The number of carbonyl (C=O) groups excluding carboxylic acids is 1. The number of benzene rings is 3. The first-order valence-corrected chi connectivity index (χ1v) is 12.4. The van der Waals surface area contributed by atoms with Crippen LogP contribution in [0.15, 0.2) is 90.2 Å². The average molecular weight is 509 g/mol. The molecule has 1 atom stereocenters. The first kappa shape index (κ1) is 25.0. The quantitative estimate of drug-likeness (QED) is 0.344. The van der Waals surface area contributed by atoms with E-state index in [9.17, 15) is 9.59 Å². The minimum Gasteiger partial charge on any atom is -0.497 e. The lowest BCUT2D eigenvalue weighted by molar-refractivity contribution is -0.141. The Labute approximate surface area is 220 Å². The van der Waals surface area contributed by atoms with Gasteiger partial charge in [0.05, 0.1) is 31.0 Å². The zero-order chi connectivity index (χ0) is 26.6. The van der Waals surface area contributed by atoms with Gasteiger partial charge in [-0.3, -0.25) is 9.59 Å². The third-order valence-electron chi connectivity index (χ3n) is 6.59. The molecule has 5 rings (SSSR count). The summed E-state index contributed by atoms with van der Waals surface area (Å²) in [6.45, 7) is 2.04. The molecular weight excluding hydrogens is 480 g/mol. The monoisotopic (exact) mass is 508 g/mol. The molecule has 0 bridgehead atoms. The molecule has 0 fully saturated rings. The highest BCUT2D eigenvalue weighted by atomic mass is 16.5. The van der Waals surface area contributed by atoms with Gasteiger partial charge in [0.1, 0.15) is 11.4 Å². The molecule has 1 amide bonds. The predicted octanol–water partition coefficient (Wildman–Crippen LogP) is 5.40. The molecule has 1 N–H and O–H groups in total. The van der Waals surface area contributed by atoms with Gasteiger partial charge in [0.25, 0.3) is 0 Å². The summed E-state index contributed by atoms with van der Waals surface area (Å²) in [6.07, 6.45) is 2.02. The lowest BCUT2D eigenvalue weighted by Gasteiger charge is -2.22. The molecule has 8 nitrogen and oxygen atoms in total. The molecule has 0 spiro atoms. The Kier molecular flexibility index (Phi) is 7.04. The molecule has 1 aliphatic rings. The number of carboxylic acids is 1. The number of ether oxygens (including phenoxy) is 1. The molecule has 8 heteroatoms. The summed E-state index contributed by atoms with van der Waals surface area (Å²) in [5.41, 5.74) is 6.19. The minimum atomic E-state index is -1.02. The van der Waals surface area contributed by atoms with Crippen LogP contribution in [0.5, 0.6) is 5.75 Å². The van der Waals surface area contributed by atoms with Crippen LogP contribution in [0, 0.1) is 6.92 Å². The average Bonchev–Trinajstić information content (AvgIpc) is 3.58. The van der Waals surface area contributed by atoms with Crippen molar-refractivity contribution in [3.63, 3.8) is 0 Å². The molecule has 0 unspecified atom stereocenters. The molecule has 0 radical (unpaired) electrons. The Morgan fingerprint density at radius 1 is 0.974 bits per heavy atom. The highest BCUT2D eigenvalue weighted by Crippen LogP contribution is 2.36. The van der Waals surface area contributed by atoms with E-state index in [1.807, 2.05) is 96.7 Å². The fourth-order valence-electron chi connectivity index (χ4n) is 4.54. The highest BCUT2D eigenvalue weighted by Gasteiger charge is 2.35. The Hall–Kier alpha value is -4.72. The number of nitrogens with zero attached hydrogens (tertiary/aromatic N) is 4. The standard InChI is InChI=1S/C30H28N4O4/c1-20-8-10-22(11-9-20)30-25(19-33(32-30)23-6-4-3-5-7-23)26-18-27(21-12-14-24(38-2)15-13-21)34(31-26)28(35)16-17-29(36)37/h3-15,19,27H,16-18H2,1-2H3,(H,36,37)/t27-/m1/s1. The summed E-state index contributed by atoms with van der Waals surface area (Å²) < 4.78 is 7.12. The van der Waals surface area contributed by atoms with Gasteiger partial charge < -0.3 is 9.84 Å². The van der Waals surface area contributed by atoms with Crippen LogP contribution in [0.4, 0.5) is 0 Å². The summed E-state index contributed by atoms with van der Waals surface area (Å²) in [5.74, 6) is -0.647. The van der Waals surface area contributed by atoms with E-state index < -0.39 is 5.97 Å². The second-order valence-corrected chi connectivity index (χ2v) is 9.21. The minimum absolute atomic E-state index is 0.132. The van der Waals surface area contributed by atoms with Crippen molar-refractivity contribution in [1.82, 2.24) is 14.8 Å². The van der Waals surface area contributed by atoms with Crippen LogP contribution in [0.3, 0.4) is 0 Å². The Morgan fingerprint density at radius 2 is 1.68 bits per heavy atom. The van der Waals surface area contributed by atoms with E-state index in [0.29, 0.717) is 17.9 Å². The van der Waals surface area contributed by atoms with Gasteiger partial charge in [0.2, 0.25) is 5.91 Å². The van der Waals surface area contributed by atoms with Crippen LogP contribution in [-0.2, 0) is 9.59 Å². The fraction of sp³-hybridized carbons (Fsp3) is 0.200. The smallest absolute Gasteiger partial charge is 0.303 e. The number of aliphatic carboxylic acids is 1. The molecule has 1 aliphatic heterocycles. The van der Waals surface area contributed by atoms with E-state index >= 15 is 0 Å². The number of aryl methyl sites for hydroxylation is 1. The zero-order valence-electron chi connectivity index (χ0n) is 21.2. The van der Waals surface area contributed by atoms with Gasteiger partial charge in [-0.15, -0.1) is 0 Å². The van der Waals surface area contributed by atoms with E-state index in [-0.39, 0.29) is 24.8 Å². The largest absolute Gasteiger partial charge is 0.497 e. The van der Waals surface area contributed by atoms with Crippen LogP contribution in [0.25, 0.3) is 16.9 Å². The number of hydrazone groups is 1. The van der Waals surface area contributed by atoms with Crippen LogP contribution < -0.4 is 4.74 Å². The Balaban J connectivity index is 1.58. The number of rotatable bonds is 8. The third kappa shape index (κ3) is 5.20. The van der Waals surface area contributed by atoms with Gasteiger partial charge in [0, 0.05) is 30.2 Å². The highest BCUT2D eigenvalue weighted by molar-refractivity contribution is 6.07. The molecule has 192 valence electrons. The molecular formula is C30H28N4O4. The van der Waals surface area contributed by atoms with E-state index in [0.717, 1.165) is 33.6 Å². The second kappa shape index (κ2) is 10.7. The van der Waals surface area contributed by atoms with Crippen molar-refractivity contribution < 1.29 is 19.4 Å². The zero-order valence-corrected chi connectivity index (χ0v) is 21.2. The van der Waals surface area contributed by atoms with Gasteiger partial charge in [-0.05, 0) is 36.8 Å². The Morgan fingerprint density at radius 3 is 2.34 bits per heavy atom. The van der Waals surface area contributed by atoms with Crippen molar-refractivity contribution in [1.29, 1.82) is 0 Å². The van der Waals surface area contributed by atoms with E-state index in [1.54, 1.807) is 7.11 Å². The van der Waals surface area contributed by atoms with Crippen molar-refractivity contribution >= 4 is 17.6 Å². The first-order chi connectivity index (χ1) is 18.4. The Bertz CT molecular complexity index is 1480. The fourth-order valence-corrected chi connectivity index (χ4v) is 4.54. The molecule has 0 saturated heterocycles. The summed E-state index contributed by atoms with van der Waals surface area (Å²) in [6, 6.07) is 25.1. The van der Waals surface area contributed by atoms with Gasteiger partial charge in [0.15, 0.2) is 0 Å². The van der Waals surface area contributed by atoms with Crippen LogP contribution in [0.1, 0.15) is 42.0 Å². The number of aromatic nitrogens is 2. The summed E-state index contributed by atoms with van der Waals surface area (Å²) >= 11 is 0. The second-order valence-electron chi connectivity index (χ2n) is 9.21. The summed E-state index contributed by atoms with van der Waals surface area (Å²) in [5, 5.41) is 20.2. The van der Waals surface area contributed by atoms with Crippen molar-refractivity contribution in [3.8, 4) is 22.7 Å². The maximum absolute atomic E-state index is 13.2. The maximum atomic E-state index is 13.2. The topological polar surface area (TPSA) is 97.0 Å². The van der Waals surface area contributed by atoms with Crippen LogP contribution in [-0.4, -0.2) is 44.6 Å². The van der Waals surface area contributed by atoms with Crippen molar-refractivity contribution in [2.45, 2.75) is 32.2 Å². The number of carbonyl (C=O) groups is 2. The van der Waals surface area contributed by atoms with Gasteiger partial charge in [-0.1, -0.05) is 60.2 Å². The van der Waals surface area contributed by atoms with Crippen LogP contribution in [0.2, 0.25) is 0 Å². The van der Waals surface area contributed by atoms with Crippen LogP contribution >= 0.6 is 0 Å². The first-order valence-electron chi connectivity index (χ1n) is 12.4. The molecule has 4 aromatic rings. The van der Waals surface area contributed by atoms with Crippen molar-refractivity contribution in [2.75, 3.05) is 7.11 Å². The molecule has 1 aromatic heterocycles. The summed E-state index contributed by atoms with van der Waals surface area (Å²) in [7, 11) is 1.60. The van der Waals surface area contributed by atoms with E-state index in [2.05, 4.69) is 0 Å². The number of methoxy groups -OCH3 is 1. The van der Waals surface area contributed by atoms with Crippen molar-refractivity contribution in [3.05, 3.63) is 102 Å². The molecule has 0 aliphatic carbocycles. The number of carboxylic acid groups (broad SMARTS) is 1. The SMILES string of the molecule is COc1ccc([C@H]2CC(c3cn(-c4ccccc4)nc3-c3ccc(C)cc3)=NN2C(=O)CCC(=O)O)cc1. The predicted molar refractivity (Wildman–Crippen MR) is 144 cm³/mol. The third-order valence-corrected chi connectivity index (χ3v) is 6.59. The lowest BCUT2D eigenvalue weighted by Crippen LogP contribution is -2.27. The molecule has 3 aromatic carbocycles. The van der Waals surface area contributed by atoms with Gasteiger partial charge in [-0.2, -0.15) is 10.2 Å². The molecule has 38 heavy (non-hydrogen) atoms. The van der Waals surface area contributed by atoms with Crippen molar-refractivity contribution in [2.24, 2.45) is 5.10 Å². The molecule has 2 heterocycles. The lowest BCUT2D eigenvalue weighted by atomic mass is 9.96.